The Kier molecular flexibility index (Phi) is 8.87. The van der Waals surface area contributed by atoms with E-state index in [0.29, 0.717) is 11.4 Å². The van der Waals surface area contributed by atoms with Crippen molar-refractivity contribution in [2.45, 2.75) is 26.0 Å². The SMILES string of the molecule is COc1ccc(NC(=O)N(C)C[C@@H]2Oc3ccc(NS(C)(=O)=O)cc3C(=O)N([C@@H](C)CO)C[C@H]2C)cc1. The van der Waals surface area contributed by atoms with Gasteiger partial charge in [-0.1, -0.05) is 6.92 Å². The van der Waals surface area contributed by atoms with Crippen molar-refractivity contribution in [3.8, 4) is 11.5 Å². The van der Waals surface area contributed by atoms with Crippen LogP contribution in [0.25, 0.3) is 0 Å². The Morgan fingerprint density at radius 3 is 2.49 bits per heavy atom. The van der Waals surface area contributed by atoms with Crippen LogP contribution in [0.5, 0.6) is 11.5 Å². The van der Waals surface area contributed by atoms with E-state index in [1.807, 2.05) is 6.92 Å². The van der Waals surface area contributed by atoms with Crippen LogP contribution in [-0.4, -0.2) is 87.5 Å². The number of carbonyl (C=O) groups excluding carboxylic acids is 2. The van der Waals surface area contributed by atoms with E-state index in [-0.39, 0.29) is 54.6 Å². The highest BCUT2D eigenvalue weighted by molar-refractivity contribution is 7.92. The number of aliphatic hydroxyl groups excluding tert-OH is 1. The van der Waals surface area contributed by atoms with Crippen molar-refractivity contribution >= 4 is 33.3 Å². The molecule has 0 saturated heterocycles. The summed E-state index contributed by atoms with van der Waals surface area (Å²) in [5.41, 5.74) is 0.987. The molecule has 0 radical (unpaired) electrons. The van der Waals surface area contributed by atoms with E-state index < -0.39 is 22.2 Å². The normalized spacial score (nSPS) is 18.5. The highest BCUT2D eigenvalue weighted by Gasteiger charge is 2.34. The first-order chi connectivity index (χ1) is 17.4. The summed E-state index contributed by atoms with van der Waals surface area (Å²) in [6, 6.07) is 10.6. The van der Waals surface area contributed by atoms with Gasteiger partial charge in [0.15, 0.2) is 0 Å². The van der Waals surface area contributed by atoms with Crippen molar-refractivity contribution < 1.29 is 32.6 Å². The van der Waals surface area contributed by atoms with E-state index >= 15 is 0 Å². The first-order valence-corrected chi connectivity index (χ1v) is 13.7. The summed E-state index contributed by atoms with van der Waals surface area (Å²) in [7, 11) is -0.351. The Hall–Kier alpha value is -3.51. The molecule has 1 heterocycles. The van der Waals surface area contributed by atoms with Crippen LogP contribution >= 0.6 is 0 Å². The number of urea groups is 1. The summed E-state index contributed by atoms with van der Waals surface area (Å²) in [6.45, 7) is 3.87. The Balaban J connectivity index is 1.86. The second-order valence-corrected chi connectivity index (χ2v) is 11.0. The number of anilines is 2. The number of fused-ring (bicyclic) bond motifs is 1. The number of carbonyl (C=O) groups is 2. The zero-order valence-electron chi connectivity index (χ0n) is 21.6. The third kappa shape index (κ3) is 7.26. The van der Waals surface area contributed by atoms with Crippen molar-refractivity contribution in [3.05, 3.63) is 48.0 Å². The third-order valence-electron chi connectivity index (χ3n) is 6.11. The maximum atomic E-state index is 13.4. The van der Waals surface area contributed by atoms with E-state index in [2.05, 4.69) is 10.0 Å². The molecule has 3 N–H and O–H groups in total. The maximum absolute atomic E-state index is 13.4. The minimum absolute atomic E-state index is 0.163. The van der Waals surface area contributed by atoms with Crippen molar-refractivity contribution in [1.29, 1.82) is 0 Å². The van der Waals surface area contributed by atoms with Gasteiger partial charge in [-0.15, -0.1) is 0 Å². The molecule has 0 bridgehead atoms. The van der Waals surface area contributed by atoms with Crippen molar-refractivity contribution in [3.63, 3.8) is 0 Å². The fraction of sp³-hybridized carbons (Fsp3) is 0.440. The van der Waals surface area contributed by atoms with Gasteiger partial charge in [0.2, 0.25) is 10.0 Å². The molecule has 0 fully saturated rings. The Morgan fingerprint density at radius 2 is 1.89 bits per heavy atom. The van der Waals surface area contributed by atoms with Crippen LogP contribution in [0.2, 0.25) is 0 Å². The average molecular weight is 535 g/mol. The number of rotatable bonds is 8. The van der Waals surface area contributed by atoms with Crippen LogP contribution in [0.4, 0.5) is 16.2 Å². The molecule has 202 valence electrons. The molecule has 3 atom stereocenters. The number of sulfonamides is 1. The summed E-state index contributed by atoms with van der Waals surface area (Å²) in [6.07, 6.45) is 0.521. The third-order valence-corrected chi connectivity index (χ3v) is 6.72. The predicted octanol–water partition coefficient (Wildman–Crippen LogP) is 2.45. The fourth-order valence-corrected chi connectivity index (χ4v) is 4.52. The van der Waals surface area contributed by atoms with Gasteiger partial charge in [-0.3, -0.25) is 9.52 Å². The number of nitrogens with one attached hydrogen (secondary N) is 2. The number of benzene rings is 2. The van der Waals surface area contributed by atoms with E-state index in [0.717, 1.165) is 6.26 Å². The number of amides is 3. The number of aliphatic hydroxyl groups is 1. The van der Waals surface area contributed by atoms with Crippen molar-refractivity contribution in [1.82, 2.24) is 9.80 Å². The molecule has 3 amide bonds. The quantitative estimate of drug-likeness (QED) is 0.473. The smallest absolute Gasteiger partial charge is 0.321 e. The monoisotopic (exact) mass is 534 g/mol. The molecule has 3 rings (SSSR count). The summed E-state index contributed by atoms with van der Waals surface area (Å²) in [5, 5.41) is 12.6. The lowest BCUT2D eigenvalue weighted by Gasteiger charge is -2.38. The Morgan fingerprint density at radius 1 is 1.24 bits per heavy atom. The van der Waals surface area contributed by atoms with Gasteiger partial charge >= 0.3 is 6.03 Å². The van der Waals surface area contributed by atoms with Crippen molar-refractivity contribution in [2.24, 2.45) is 5.92 Å². The summed E-state index contributed by atoms with van der Waals surface area (Å²) < 4.78 is 37.2. The molecule has 0 spiro atoms. The molecular weight excluding hydrogens is 500 g/mol. The molecule has 0 aliphatic carbocycles. The minimum atomic E-state index is -3.56. The fourth-order valence-electron chi connectivity index (χ4n) is 3.96. The second-order valence-electron chi connectivity index (χ2n) is 9.25. The van der Waals surface area contributed by atoms with E-state index in [1.165, 1.54) is 23.1 Å². The minimum Gasteiger partial charge on any atom is -0.497 e. The number of likely N-dealkylation sites (N-methyl/N-ethyl adjacent to an activating group) is 1. The van der Waals surface area contributed by atoms with E-state index in [4.69, 9.17) is 9.47 Å². The van der Waals surface area contributed by atoms with Crippen LogP contribution in [0, 0.1) is 5.92 Å². The topological polar surface area (TPSA) is 138 Å². The van der Waals surface area contributed by atoms with Gasteiger partial charge in [-0.05, 0) is 49.4 Å². The molecule has 1 aliphatic rings. The highest BCUT2D eigenvalue weighted by atomic mass is 32.2. The summed E-state index contributed by atoms with van der Waals surface area (Å²) >= 11 is 0. The lowest BCUT2D eigenvalue weighted by molar-refractivity contribution is 0.0371. The van der Waals surface area contributed by atoms with Crippen LogP contribution in [0.3, 0.4) is 0 Å². The molecule has 12 heteroatoms. The predicted molar refractivity (Wildman–Crippen MR) is 141 cm³/mol. The molecule has 0 aromatic heterocycles. The van der Waals surface area contributed by atoms with Gasteiger partial charge in [0.25, 0.3) is 5.91 Å². The van der Waals surface area contributed by atoms with Gasteiger partial charge < -0.3 is 29.7 Å². The number of hydrogen-bond acceptors (Lipinski definition) is 7. The molecule has 2 aromatic carbocycles. The molecule has 1 aliphatic heterocycles. The number of nitrogens with zero attached hydrogens (tertiary/aromatic N) is 2. The maximum Gasteiger partial charge on any atom is 0.321 e. The van der Waals surface area contributed by atoms with Crippen LogP contribution in [0.1, 0.15) is 24.2 Å². The van der Waals surface area contributed by atoms with Crippen molar-refractivity contribution in [2.75, 3.05) is 50.1 Å². The summed E-state index contributed by atoms with van der Waals surface area (Å²) in [4.78, 5) is 29.3. The molecule has 0 saturated carbocycles. The van der Waals surface area contributed by atoms with Gasteiger partial charge in [0.1, 0.15) is 17.6 Å². The standard InChI is InChI=1S/C25H34N4O7S/c1-16-13-29(17(2)15-30)24(31)21-12-19(27-37(5,33)34)8-11-22(21)36-23(16)14-28(3)25(32)26-18-6-9-20(35-4)10-7-18/h6-12,16-17,23,27,30H,13-15H2,1-5H3,(H,26,32)/t16-,17+,23+/m1/s1. The van der Waals surface area contributed by atoms with Gasteiger partial charge in [0.05, 0.1) is 38.1 Å². The van der Waals surface area contributed by atoms with Gasteiger partial charge in [-0.25, -0.2) is 13.2 Å². The summed E-state index contributed by atoms with van der Waals surface area (Å²) in [5.74, 6) is 0.355. The number of ether oxygens (including phenoxy) is 2. The Labute approximate surface area is 217 Å². The van der Waals surface area contributed by atoms with E-state index in [1.54, 1.807) is 50.2 Å². The number of hydrogen-bond donors (Lipinski definition) is 3. The molecule has 11 nitrogen and oxygen atoms in total. The van der Waals surface area contributed by atoms with E-state index in [9.17, 15) is 23.1 Å². The first-order valence-electron chi connectivity index (χ1n) is 11.8. The van der Waals surface area contributed by atoms with Crippen LogP contribution < -0.4 is 19.5 Å². The first kappa shape index (κ1) is 28.1. The molecule has 37 heavy (non-hydrogen) atoms. The largest absolute Gasteiger partial charge is 0.497 e. The highest BCUT2D eigenvalue weighted by Crippen LogP contribution is 2.31. The molecular formula is C25H34N4O7S. The zero-order valence-corrected chi connectivity index (χ0v) is 22.4. The molecule has 0 unspecified atom stereocenters. The molecule has 2 aromatic rings. The lowest BCUT2D eigenvalue weighted by Crippen LogP contribution is -2.50. The van der Waals surface area contributed by atoms with Gasteiger partial charge in [-0.2, -0.15) is 0 Å². The van der Waals surface area contributed by atoms with Crippen LogP contribution in [-0.2, 0) is 10.0 Å². The number of methoxy groups -OCH3 is 1. The van der Waals surface area contributed by atoms with Crippen LogP contribution in [0.15, 0.2) is 42.5 Å². The Bertz CT molecular complexity index is 1220. The van der Waals surface area contributed by atoms with Gasteiger partial charge in [0, 0.05) is 30.9 Å². The second kappa shape index (κ2) is 11.7. The average Bonchev–Trinajstić information content (AvgIpc) is 2.85. The lowest BCUT2D eigenvalue weighted by atomic mass is 9.99. The zero-order chi connectivity index (χ0) is 27.3.